The molecule has 0 N–H and O–H groups in total. The predicted molar refractivity (Wildman–Crippen MR) is 475 cm³/mol. The summed E-state index contributed by atoms with van der Waals surface area (Å²) in [5.74, 6) is -0.600. The van der Waals surface area contributed by atoms with Crippen molar-refractivity contribution in [2.45, 2.75) is 490 Å². The number of allylic oxidation sites excluding steroid dienone is 2. The van der Waals surface area contributed by atoms with Gasteiger partial charge in [-0.25, -0.2) is 0 Å². The van der Waals surface area contributed by atoms with Crippen LogP contribution in [0.15, 0.2) is 82.8 Å². The van der Waals surface area contributed by atoms with Gasteiger partial charge < -0.3 is 10.2 Å². The third-order valence-electron chi connectivity index (χ3n) is 22.2. The smallest absolute Gasteiger partial charge is 0.873 e. The summed E-state index contributed by atoms with van der Waals surface area (Å²) in [6.45, 7) is 18.3. The average molecular weight is 1520 g/mol. The monoisotopic (exact) mass is 1520 g/mol. The van der Waals surface area contributed by atoms with Gasteiger partial charge in [0.05, 0.1) is 22.8 Å². The number of benzene rings is 3. The number of unbranched alkanes of at least 4 members (excludes halogenated alkanes) is 58. The van der Waals surface area contributed by atoms with E-state index in [1.807, 2.05) is 6.07 Å². The number of nitrogens with zero attached hydrogens (tertiary/aromatic N) is 2. The van der Waals surface area contributed by atoms with Gasteiger partial charge in [0.2, 0.25) is 0 Å². The van der Waals surface area contributed by atoms with Gasteiger partial charge in [-0.3, -0.25) is 9.98 Å². The molecular formula is C100H174N2NiO2Si. The zero-order chi connectivity index (χ0) is 75.7. The number of rotatable bonds is 74. The summed E-state index contributed by atoms with van der Waals surface area (Å²) in [6, 6.07) is 22.3. The Morgan fingerprint density at radius 1 is 0.292 bits per heavy atom. The Morgan fingerprint density at radius 2 is 0.547 bits per heavy atom. The zero-order valence-electron chi connectivity index (χ0n) is 71.7. The van der Waals surface area contributed by atoms with Gasteiger partial charge >= 0.3 is 16.5 Å². The second-order valence-corrected chi connectivity index (χ2v) is 39.4. The molecule has 610 valence electrons. The molecule has 3 aromatic carbocycles. The molecule has 0 radical (unpaired) electrons. The Morgan fingerprint density at radius 3 is 0.830 bits per heavy atom. The summed E-state index contributed by atoms with van der Waals surface area (Å²) in [4.78, 5) is 10.7. The van der Waals surface area contributed by atoms with E-state index in [-0.39, 0.29) is 28.0 Å². The molecule has 3 rings (SSSR count). The number of aryl methyl sites for hydroxylation is 1. The molecule has 6 heteroatoms. The van der Waals surface area contributed by atoms with Crippen molar-refractivity contribution in [2.75, 3.05) is 0 Å². The van der Waals surface area contributed by atoms with Crippen molar-refractivity contribution < 1.29 is 26.7 Å². The van der Waals surface area contributed by atoms with Gasteiger partial charge in [0.15, 0.2) is 0 Å². The molecule has 4 nitrogen and oxygen atoms in total. The second kappa shape index (κ2) is 75.8. The molecule has 0 aliphatic rings. The molecule has 0 saturated carbocycles. The third-order valence-corrected chi connectivity index (χ3v) is 24.0. The predicted octanol–water partition coefficient (Wildman–Crippen LogP) is 34.3. The molecule has 0 aliphatic heterocycles. The van der Waals surface area contributed by atoms with Crippen molar-refractivity contribution in [3.63, 3.8) is 0 Å². The van der Waals surface area contributed by atoms with E-state index in [1.165, 1.54) is 414 Å². The fourth-order valence-corrected chi connectivity index (χ4v) is 16.0. The summed E-state index contributed by atoms with van der Waals surface area (Å²) < 4.78 is 0. The van der Waals surface area contributed by atoms with Gasteiger partial charge in [0.25, 0.3) is 0 Å². The van der Waals surface area contributed by atoms with E-state index in [0.29, 0.717) is 0 Å². The van der Waals surface area contributed by atoms with Crippen LogP contribution in [0.3, 0.4) is 0 Å². The third kappa shape index (κ3) is 62.4. The normalized spacial score (nSPS) is 12.1. The fourth-order valence-electron chi connectivity index (χ4n) is 15.0. The minimum absolute atomic E-state index is 0. The van der Waals surface area contributed by atoms with Crippen LogP contribution in [0.2, 0.25) is 25.7 Å². The average Bonchev–Trinajstić information content (AvgIpc) is 0.832. The van der Waals surface area contributed by atoms with Gasteiger partial charge in [0, 0.05) is 8.07 Å². The van der Waals surface area contributed by atoms with Crippen LogP contribution in [0.4, 0.5) is 11.4 Å². The molecule has 3 aromatic rings. The summed E-state index contributed by atoms with van der Waals surface area (Å²) in [5.41, 5.74) is 8.94. The van der Waals surface area contributed by atoms with Crippen LogP contribution in [0.1, 0.15) is 474 Å². The van der Waals surface area contributed by atoms with E-state index in [2.05, 4.69) is 127 Å². The molecule has 0 amide bonds. The summed E-state index contributed by atoms with van der Waals surface area (Å²) in [5, 5.41) is 23.6. The minimum Gasteiger partial charge on any atom is -0.873 e. The minimum atomic E-state index is -1.18. The van der Waals surface area contributed by atoms with E-state index in [4.69, 9.17) is 9.98 Å². The number of hydrogen-bond donors (Lipinski definition) is 0. The van der Waals surface area contributed by atoms with Gasteiger partial charge in [-0.1, -0.05) is 486 Å². The van der Waals surface area contributed by atoms with Crippen LogP contribution in [-0.4, -0.2) is 19.5 Å². The first-order valence-corrected chi connectivity index (χ1v) is 50.4. The Bertz CT molecular complexity index is 2470. The van der Waals surface area contributed by atoms with Crippen molar-refractivity contribution >= 4 is 43.0 Å². The maximum absolute atomic E-state index is 12.0. The number of aliphatic imine (C=N–C) groups is 2. The maximum Gasteiger partial charge on any atom is 2.00 e. The van der Waals surface area contributed by atoms with Crippen LogP contribution in [0.5, 0.6) is 11.5 Å². The molecule has 0 aliphatic carbocycles. The van der Waals surface area contributed by atoms with Gasteiger partial charge in [-0.15, -0.1) is 11.5 Å². The Balaban J connectivity index is 0.00000242. The Hall–Kier alpha value is -3.21. The van der Waals surface area contributed by atoms with Crippen molar-refractivity contribution in [2.24, 2.45) is 9.98 Å². The fraction of sp³-hybridized carbons (Fsp3) is 0.760. The van der Waals surface area contributed by atoms with Crippen molar-refractivity contribution in [3.05, 3.63) is 95.1 Å². The van der Waals surface area contributed by atoms with E-state index in [0.717, 1.165) is 73.5 Å². The van der Waals surface area contributed by atoms with E-state index >= 15 is 0 Å². The molecule has 0 bridgehead atoms. The molecule has 106 heavy (non-hydrogen) atoms. The van der Waals surface area contributed by atoms with Gasteiger partial charge in [-0.05, 0) is 112 Å². The standard InChI is InChI=1S/C84H148N2.C16H28O2Si.Ni/c1-5-9-13-16-19-21-23-25-27-29-31-33-35-37-39-41-43-45-47-49-51-53-55-57-59-61-64-67-79-71-75-81(76-72-79)85-83(69-12-8-4)84(70-66-63-18-15-11-7-3)86-82-77-73-80(74-78-82)68-65-62-60-58-56-54-52-50-48-46-44-42-40-38-36-34-32-30-28-26-24-22-20-17-14-10-6-2;1-5-6-7-8-13-9-10-15(17)16(18)14(13)11-12-19(2,3)4;/h64-65,67-68,71-78H,5-63,66,69-70H2,1-4H3;9-10,17-18H,5-8,11-12H2,1-4H3;/q;;+2/p-2. The van der Waals surface area contributed by atoms with E-state index < -0.39 is 8.07 Å². The first kappa shape index (κ1) is 101. The molecule has 0 spiro atoms. The molecule has 0 heterocycles. The number of hydrogen-bond acceptors (Lipinski definition) is 4. The van der Waals surface area contributed by atoms with Crippen LogP contribution in [0, 0.1) is 0 Å². The zero-order valence-corrected chi connectivity index (χ0v) is 73.7. The quantitative estimate of drug-likeness (QED) is 0.0321. The first-order chi connectivity index (χ1) is 51.5. The largest absolute Gasteiger partial charge is 2.00 e. The summed E-state index contributed by atoms with van der Waals surface area (Å²) in [7, 11) is -1.18. The maximum atomic E-state index is 12.0. The molecular weight excluding hydrogens is 1350 g/mol. The van der Waals surface area contributed by atoms with E-state index in [9.17, 15) is 10.2 Å². The first-order valence-electron chi connectivity index (χ1n) is 46.7. The molecule has 0 unspecified atom stereocenters. The summed E-state index contributed by atoms with van der Waals surface area (Å²) >= 11 is 0. The topological polar surface area (TPSA) is 70.8 Å². The molecule has 0 saturated heterocycles. The SMILES string of the molecule is CCCCCCCCCCCCCCCCCCCCCCCCCCCC=Cc1ccc(N=C(CCCC)C(CCCCCCCC)=Nc2ccc(C=CCCCCCCCCCCCCCCCCCCCCCCCCCCC)cc2)cc1.CCCCCc1ccc([O-])c([O-])c1CC[Si](C)(C)C.[Ni+2]. The van der Waals surface area contributed by atoms with Gasteiger partial charge in [0.1, 0.15) is 0 Å². The summed E-state index contributed by atoms with van der Waals surface area (Å²) in [6.07, 6.45) is 101. The Labute approximate surface area is 672 Å². The van der Waals surface area contributed by atoms with Crippen molar-refractivity contribution in [1.82, 2.24) is 0 Å². The van der Waals surface area contributed by atoms with Crippen LogP contribution in [0.25, 0.3) is 12.2 Å². The van der Waals surface area contributed by atoms with E-state index in [1.54, 1.807) is 0 Å². The van der Waals surface area contributed by atoms with Crippen LogP contribution >= 0.6 is 0 Å². The van der Waals surface area contributed by atoms with Gasteiger partial charge in [-0.2, -0.15) is 0 Å². The Kier molecular flexibility index (Phi) is 72.1. The van der Waals surface area contributed by atoms with Crippen LogP contribution in [-0.2, 0) is 29.3 Å². The van der Waals surface area contributed by atoms with Crippen molar-refractivity contribution in [1.29, 1.82) is 0 Å². The second-order valence-electron chi connectivity index (χ2n) is 33.8. The van der Waals surface area contributed by atoms with Crippen molar-refractivity contribution in [3.8, 4) is 11.5 Å². The van der Waals surface area contributed by atoms with Crippen LogP contribution < -0.4 is 10.2 Å². The molecule has 0 aromatic heterocycles. The molecule has 0 fully saturated rings. The molecule has 0 atom stereocenters.